The zero-order chi connectivity index (χ0) is 14.2. The fourth-order valence-electron chi connectivity index (χ4n) is 3.64. The summed E-state index contributed by atoms with van der Waals surface area (Å²) >= 11 is 0. The van der Waals surface area contributed by atoms with Crippen LogP contribution in [0.3, 0.4) is 0 Å². The molecule has 0 aromatic rings. The maximum absolute atomic E-state index is 12.5. The van der Waals surface area contributed by atoms with Gasteiger partial charge in [-0.25, -0.2) is 0 Å². The smallest absolute Gasteiger partial charge is 0.307 e. The van der Waals surface area contributed by atoms with Gasteiger partial charge in [0, 0.05) is 25.9 Å². The Morgan fingerprint density at radius 1 is 1.05 bits per heavy atom. The highest BCUT2D eigenvalue weighted by Crippen LogP contribution is 2.36. The number of amides is 1. The van der Waals surface area contributed by atoms with Crippen molar-refractivity contribution in [1.29, 1.82) is 0 Å². The van der Waals surface area contributed by atoms with E-state index >= 15 is 0 Å². The molecule has 2 atom stereocenters. The highest BCUT2D eigenvalue weighted by Gasteiger charge is 2.44. The molecule has 0 radical (unpaired) electrons. The van der Waals surface area contributed by atoms with E-state index in [0.29, 0.717) is 52.0 Å². The molecule has 0 unspecified atom stereocenters. The van der Waals surface area contributed by atoms with Crippen molar-refractivity contribution < 1.29 is 24.2 Å². The summed E-state index contributed by atoms with van der Waals surface area (Å²) in [5, 5.41) is 9.19. The van der Waals surface area contributed by atoms with Crippen LogP contribution in [0.5, 0.6) is 0 Å². The van der Waals surface area contributed by atoms with Gasteiger partial charge in [0.05, 0.1) is 25.0 Å². The van der Waals surface area contributed by atoms with E-state index in [1.54, 1.807) is 4.90 Å². The van der Waals surface area contributed by atoms with E-state index in [9.17, 15) is 14.7 Å². The van der Waals surface area contributed by atoms with Crippen LogP contribution in [0, 0.1) is 11.8 Å². The monoisotopic (exact) mass is 283 g/mol. The molecule has 3 aliphatic rings. The number of rotatable bonds is 2. The third-order valence-electron chi connectivity index (χ3n) is 4.80. The number of carboxylic acid groups (broad SMARTS) is 1. The van der Waals surface area contributed by atoms with Crippen LogP contribution in [0.15, 0.2) is 0 Å². The summed E-state index contributed by atoms with van der Waals surface area (Å²) in [4.78, 5) is 25.5. The van der Waals surface area contributed by atoms with Crippen LogP contribution in [0.25, 0.3) is 0 Å². The Kier molecular flexibility index (Phi) is 3.69. The number of piperidine rings is 1. The zero-order valence-corrected chi connectivity index (χ0v) is 11.5. The molecule has 2 heterocycles. The standard InChI is InChI=1S/C14H21NO5/c16-12(10-2-1-3-11(10)13(17)18)15-6-4-14(5-7-15)19-8-9-20-14/h10-11H,1-9H2,(H,17,18)/t10-,11+/m1/s1. The van der Waals surface area contributed by atoms with Gasteiger partial charge in [0.15, 0.2) is 5.79 Å². The minimum absolute atomic E-state index is 0.00254. The molecule has 20 heavy (non-hydrogen) atoms. The highest BCUT2D eigenvalue weighted by molar-refractivity contribution is 5.85. The second-order valence-corrected chi connectivity index (χ2v) is 5.92. The number of carbonyl (C=O) groups is 2. The summed E-state index contributed by atoms with van der Waals surface area (Å²) in [5.41, 5.74) is 0. The molecule has 0 bridgehead atoms. The third-order valence-corrected chi connectivity index (χ3v) is 4.80. The zero-order valence-electron chi connectivity index (χ0n) is 11.5. The number of hydrogen-bond donors (Lipinski definition) is 1. The quantitative estimate of drug-likeness (QED) is 0.813. The molecule has 0 aromatic carbocycles. The molecule has 112 valence electrons. The summed E-state index contributed by atoms with van der Waals surface area (Å²) in [6, 6.07) is 0. The molecule has 6 nitrogen and oxygen atoms in total. The van der Waals surface area contributed by atoms with Gasteiger partial charge in [-0.2, -0.15) is 0 Å². The molecular formula is C14H21NO5. The number of aliphatic carboxylic acids is 1. The van der Waals surface area contributed by atoms with Gasteiger partial charge >= 0.3 is 5.97 Å². The van der Waals surface area contributed by atoms with Gasteiger partial charge in [0.2, 0.25) is 5.91 Å². The van der Waals surface area contributed by atoms with E-state index in [2.05, 4.69) is 0 Å². The Morgan fingerprint density at radius 2 is 1.65 bits per heavy atom. The van der Waals surface area contributed by atoms with Gasteiger partial charge in [0.25, 0.3) is 0 Å². The third kappa shape index (κ3) is 2.42. The minimum atomic E-state index is -0.836. The van der Waals surface area contributed by atoms with Crippen molar-refractivity contribution in [3.63, 3.8) is 0 Å². The maximum Gasteiger partial charge on any atom is 0.307 e. The molecule has 2 saturated heterocycles. The first-order valence-corrected chi connectivity index (χ1v) is 7.41. The van der Waals surface area contributed by atoms with Crippen LogP contribution in [0.1, 0.15) is 32.1 Å². The second-order valence-electron chi connectivity index (χ2n) is 5.92. The van der Waals surface area contributed by atoms with Crippen molar-refractivity contribution >= 4 is 11.9 Å². The first-order chi connectivity index (χ1) is 9.61. The van der Waals surface area contributed by atoms with Gasteiger partial charge in [-0.1, -0.05) is 6.42 Å². The average molecular weight is 283 g/mol. The van der Waals surface area contributed by atoms with Crippen LogP contribution >= 0.6 is 0 Å². The predicted molar refractivity (Wildman–Crippen MR) is 68.9 cm³/mol. The van der Waals surface area contributed by atoms with E-state index in [4.69, 9.17) is 9.47 Å². The Labute approximate surface area is 118 Å². The van der Waals surface area contributed by atoms with E-state index < -0.39 is 17.7 Å². The van der Waals surface area contributed by atoms with Crippen LogP contribution in [-0.4, -0.2) is 54.0 Å². The molecule has 2 aliphatic heterocycles. The summed E-state index contributed by atoms with van der Waals surface area (Å²) in [5.74, 6) is -2.16. The fourth-order valence-corrected chi connectivity index (χ4v) is 3.64. The van der Waals surface area contributed by atoms with Crippen molar-refractivity contribution in [3.05, 3.63) is 0 Å². The largest absolute Gasteiger partial charge is 0.481 e. The lowest BCUT2D eigenvalue weighted by Crippen LogP contribution is -2.49. The molecule has 1 amide bonds. The lowest BCUT2D eigenvalue weighted by molar-refractivity contribution is -0.189. The number of nitrogens with zero attached hydrogens (tertiary/aromatic N) is 1. The first-order valence-electron chi connectivity index (χ1n) is 7.41. The highest BCUT2D eigenvalue weighted by atomic mass is 16.7. The molecule has 6 heteroatoms. The Hall–Kier alpha value is -1.14. The van der Waals surface area contributed by atoms with E-state index in [0.717, 1.165) is 6.42 Å². The molecule has 3 fully saturated rings. The maximum atomic E-state index is 12.5. The van der Waals surface area contributed by atoms with Crippen LogP contribution in [-0.2, 0) is 19.1 Å². The molecule has 1 N–H and O–H groups in total. The lowest BCUT2D eigenvalue weighted by Gasteiger charge is -2.38. The predicted octanol–water partition coefficient (Wildman–Crippen LogP) is 0.853. The van der Waals surface area contributed by atoms with Gasteiger partial charge in [0.1, 0.15) is 0 Å². The van der Waals surface area contributed by atoms with Gasteiger partial charge in [-0.3, -0.25) is 9.59 Å². The number of ether oxygens (including phenoxy) is 2. The van der Waals surface area contributed by atoms with Crippen molar-refractivity contribution in [3.8, 4) is 0 Å². The Balaban J connectivity index is 1.60. The average Bonchev–Trinajstić information content (AvgIpc) is 3.08. The number of hydrogen-bond acceptors (Lipinski definition) is 4. The minimum Gasteiger partial charge on any atom is -0.481 e. The molecule has 1 saturated carbocycles. The SMILES string of the molecule is O=C(O)[C@H]1CCC[C@H]1C(=O)N1CCC2(CC1)OCCO2. The second kappa shape index (κ2) is 5.33. The van der Waals surface area contributed by atoms with Gasteiger partial charge < -0.3 is 19.5 Å². The number of carboxylic acids is 1. The number of likely N-dealkylation sites (tertiary alicyclic amines) is 1. The number of carbonyl (C=O) groups excluding carboxylic acids is 1. The van der Waals surface area contributed by atoms with E-state index in [-0.39, 0.29) is 11.8 Å². The summed E-state index contributed by atoms with van der Waals surface area (Å²) in [7, 11) is 0. The molecule has 1 spiro atoms. The van der Waals surface area contributed by atoms with Crippen molar-refractivity contribution in [2.75, 3.05) is 26.3 Å². The normalized spacial score (nSPS) is 32.7. The molecule has 3 rings (SSSR count). The summed E-state index contributed by atoms with van der Waals surface area (Å²) in [6.45, 7) is 2.44. The van der Waals surface area contributed by atoms with Crippen LogP contribution in [0.4, 0.5) is 0 Å². The topological polar surface area (TPSA) is 76.1 Å². The summed E-state index contributed by atoms with van der Waals surface area (Å²) < 4.78 is 11.3. The van der Waals surface area contributed by atoms with Crippen molar-refractivity contribution in [2.45, 2.75) is 37.9 Å². The van der Waals surface area contributed by atoms with E-state index in [1.165, 1.54) is 0 Å². The first kappa shape index (κ1) is 13.8. The van der Waals surface area contributed by atoms with Crippen molar-refractivity contribution in [2.24, 2.45) is 11.8 Å². The van der Waals surface area contributed by atoms with Gasteiger partial charge in [-0.15, -0.1) is 0 Å². The molecular weight excluding hydrogens is 262 g/mol. The molecule has 0 aromatic heterocycles. The van der Waals surface area contributed by atoms with Crippen molar-refractivity contribution in [1.82, 2.24) is 4.90 Å². The summed E-state index contributed by atoms with van der Waals surface area (Å²) in [6.07, 6.45) is 3.52. The Bertz CT molecular complexity index is 394. The molecule has 1 aliphatic carbocycles. The fraction of sp³-hybridized carbons (Fsp3) is 0.857. The van der Waals surface area contributed by atoms with Gasteiger partial charge in [-0.05, 0) is 12.8 Å². The lowest BCUT2D eigenvalue weighted by atomic mass is 9.93. The van der Waals surface area contributed by atoms with Crippen LogP contribution in [0.2, 0.25) is 0 Å². The van der Waals surface area contributed by atoms with Crippen LogP contribution < -0.4 is 0 Å². The van der Waals surface area contributed by atoms with E-state index in [1.807, 2.05) is 0 Å². The Morgan fingerprint density at radius 3 is 2.25 bits per heavy atom.